The van der Waals surface area contributed by atoms with Gasteiger partial charge in [0.2, 0.25) is 5.88 Å². The number of aromatic nitrogens is 1. The van der Waals surface area contributed by atoms with E-state index in [-0.39, 0.29) is 18.3 Å². The molecule has 0 spiro atoms. The van der Waals surface area contributed by atoms with Gasteiger partial charge < -0.3 is 15.1 Å². The predicted molar refractivity (Wildman–Crippen MR) is 65.7 cm³/mol. The number of hydrazine groups is 1. The summed E-state index contributed by atoms with van der Waals surface area (Å²) in [5.74, 6) is 4.90. The van der Waals surface area contributed by atoms with Crippen LogP contribution in [0.4, 0.5) is 19.0 Å². The molecule has 1 aromatic rings. The third kappa shape index (κ3) is 5.31. The van der Waals surface area contributed by atoms with E-state index in [1.54, 1.807) is 0 Å². The molecule has 0 radical (unpaired) electrons. The maximum absolute atomic E-state index is 12.6. The summed E-state index contributed by atoms with van der Waals surface area (Å²) in [6.07, 6.45) is -3.77. The van der Waals surface area contributed by atoms with Crippen molar-refractivity contribution in [2.45, 2.75) is 12.6 Å². The fourth-order valence-corrected chi connectivity index (χ4v) is 1.37. The summed E-state index contributed by atoms with van der Waals surface area (Å²) in [5.41, 5.74) is 1.24. The highest BCUT2D eigenvalue weighted by Gasteiger charge is 2.31. The van der Waals surface area contributed by atoms with Crippen molar-refractivity contribution in [2.75, 3.05) is 32.7 Å². The lowest BCUT2D eigenvalue weighted by Gasteiger charge is -2.13. The molecule has 3 N–H and O–H groups in total. The van der Waals surface area contributed by atoms with Gasteiger partial charge in [0.1, 0.15) is 5.82 Å². The molecule has 5 nitrogen and oxygen atoms in total. The molecule has 108 valence electrons. The Labute approximate surface area is 109 Å². The summed E-state index contributed by atoms with van der Waals surface area (Å²) < 4.78 is 43.1. The van der Waals surface area contributed by atoms with Gasteiger partial charge in [-0.3, -0.25) is 0 Å². The van der Waals surface area contributed by atoms with E-state index in [1.165, 1.54) is 0 Å². The topological polar surface area (TPSA) is 63.4 Å². The van der Waals surface area contributed by atoms with Gasteiger partial charge in [0.05, 0.1) is 12.2 Å². The van der Waals surface area contributed by atoms with Crippen molar-refractivity contribution in [3.8, 4) is 5.88 Å². The first-order valence-corrected chi connectivity index (χ1v) is 5.66. The highest BCUT2D eigenvalue weighted by molar-refractivity contribution is 5.41. The molecular formula is C11H17F3N4O. The number of rotatable bonds is 6. The number of pyridine rings is 1. The highest BCUT2D eigenvalue weighted by Crippen LogP contribution is 2.32. The van der Waals surface area contributed by atoms with Gasteiger partial charge in [0.15, 0.2) is 0 Å². The number of halogens is 3. The van der Waals surface area contributed by atoms with Crippen LogP contribution in [0.1, 0.15) is 12.0 Å². The van der Waals surface area contributed by atoms with E-state index in [1.807, 2.05) is 19.0 Å². The van der Waals surface area contributed by atoms with Crippen LogP contribution in [0, 0.1) is 0 Å². The summed E-state index contributed by atoms with van der Waals surface area (Å²) in [4.78, 5) is 5.76. The number of nitrogen functional groups attached to an aromatic ring is 1. The van der Waals surface area contributed by atoms with Crippen LogP contribution in [0.3, 0.4) is 0 Å². The zero-order valence-electron chi connectivity index (χ0n) is 10.8. The van der Waals surface area contributed by atoms with Crippen LogP contribution in [-0.4, -0.2) is 37.1 Å². The molecule has 0 aromatic carbocycles. The van der Waals surface area contributed by atoms with Crippen LogP contribution < -0.4 is 16.0 Å². The van der Waals surface area contributed by atoms with Crippen molar-refractivity contribution >= 4 is 5.82 Å². The number of hydrogen-bond donors (Lipinski definition) is 2. The van der Waals surface area contributed by atoms with Crippen LogP contribution in [0.2, 0.25) is 0 Å². The number of nitrogens with one attached hydrogen (secondary N) is 1. The molecule has 0 atom stereocenters. The van der Waals surface area contributed by atoms with Crippen LogP contribution in [0.15, 0.2) is 12.1 Å². The van der Waals surface area contributed by atoms with Gasteiger partial charge in [0.25, 0.3) is 0 Å². The fourth-order valence-electron chi connectivity index (χ4n) is 1.37. The molecule has 0 bridgehead atoms. The molecule has 1 aromatic heterocycles. The third-order valence-corrected chi connectivity index (χ3v) is 2.28. The van der Waals surface area contributed by atoms with E-state index >= 15 is 0 Å². The fraction of sp³-hybridized carbons (Fsp3) is 0.545. The van der Waals surface area contributed by atoms with Gasteiger partial charge in [-0.15, -0.1) is 0 Å². The molecule has 1 heterocycles. The second-order valence-corrected chi connectivity index (χ2v) is 4.23. The summed E-state index contributed by atoms with van der Waals surface area (Å²) >= 11 is 0. The van der Waals surface area contributed by atoms with E-state index < -0.39 is 11.7 Å². The monoisotopic (exact) mass is 278 g/mol. The smallest absolute Gasteiger partial charge is 0.416 e. The minimum absolute atomic E-state index is 0.0857. The molecule has 0 aliphatic heterocycles. The van der Waals surface area contributed by atoms with Crippen LogP contribution >= 0.6 is 0 Å². The van der Waals surface area contributed by atoms with Gasteiger partial charge in [-0.25, -0.2) is 5.84 Å². The zero-order chi connectivity index (χ0) is 14.5. The van der Waals surface area contributed by atoms with Crippen LogP contribution in [0.5, 0.6) is 5.88 Å². The summed E-state index contributed by atoms with van der Waals surface area (Å²) in [5, 5.41) is 0. The van der Waals surface area contributed by atoms with E-state index in [4.69, 9.17) is 10.6 Å². The Morgan fingerprint density at radius 3 is 2.58 bits per heavy atom. The third-order valence-electron chi connectivity index (χ3n) is 2.28. The summed E-state index contributed by atoms with van der Waals surface area (Å²) in [6.45, 7) is 1.07. The number of ether oxygens (including phenoxy) is 1. The predicted octanol–water partition coefficient (Wildman–Crippen LogP) is 1.72. The molecule has 0 unspecified atom stereocenters. The Hall–Kier alpha value is -1.54. The molecule has 19 heavy (non-hydrogen) atoms. The van der Waals surface area contributed by atoms with Crippen molar-refractivity contribution < 1.29 is 17.9 Å². The van der Waals surface area contributed by atoms with Gasteiger partial charge in [-0.05, 0) is 26.6 Å². The Morgan fingerprint density at radius 1 is 1.37 bits per heavy atom. The Balaban J connectivity index is 2.72. The number of anilines is 1. The standard InChI is InChI=1S/C11H17F3N4O/c1-18(2)4-3-5-19-10-7-8(11(12,13)14)6-9(16-10)17-15/h6-7H,3-5,15H2,1-2H3,(H,16,17). The van der Waals surface area contributed by atoms with Gasteiger partial charge >= 0.3 is 6.18 Å². The van der Waals surface area contributed by atoms with Crippen molar-refractivity contribution in [3.05, 3.63) is 17.7 Å². The van der Waals surface area contributed by atoms with E-state index in [0.717, 1.165) is 18.7 Å². The lowest BCUT2D eigenvalue weighted by Crippen LogP contribution is -2.16. The second kappa shape index (κ2) is 6.58. The first-order valence-electron chi connectivity index (χ1n) is 5.66. The average molecular weight is 278 g/mol. The van der Waals surface area contributed by atoms with E-state index in [0.29, 0.717) is 6.42 Å². The molecule has 8 heteroatoms. The lowest BCUT2D eigenvalue weighted by molar-refractivity contribution is -0.137. The molecule has 0 aliphatic carbocycles. The average Bonchev–Trinajstić information content (AvgIpc) is 2.33. The van der Waals surface area contributed by atoms with Gasteiger partial charge in [0, 0.05) is 12.6 Å². The molecule has 0 saturated carbocycles. The molecular weight excluding hydrogens is 261 g/mol. The minimum atomic E-state index is -4.46. The Kier molecular flexibility index (Phi) is 5.37. The van der Waals surface area contributed by atoms with Crippen LogP contribution in [-0.2, 0) is 6.18 Å². The largest absolute Gasteiger partial charge is 0.478 e. The number of hydrogen-bond acceptors (Lipinski definition) is 5. The molecule has 0 fully saturated rings. The zero-order valence-corrected chi connectivity index (χ0v) is 10.8. The Bertz CT molecular complexity index is 409. The van der Waals surface area contributed by atoms with Crippen molar-refractivity contribution in [2.24, 2.45) is 5.84 Å². The van der Waals surface area contributed by atoms with Gasteiger partial charge in [-0.2, -0.15) is 18.2 Å². The van der Waals surface area contributed by atoms with Crippen molar-refractivity contribution in [3.63, 3.8) is 0 Å². The van der Waals surface area contributed by atoms with Gasteiger partial charge in [-0.1, -0.05) is 0 Å². The first kappa shape index (κ1) is 15.5. The SMILES string of the molecule is CN(C)CCCOc1cc(C(F)(F)F)cc(NN)n1. The number of nitrogens with two attached hydrogens (primary N) is 1. The first-order chi connectivity index (χ1) is 8.82. The maximum Gasteiger partial charge on any atom is 0.416 e. The maximum atomic E-state index is 12.6. The summed E-state index contributed by atoms with van der Waals surface area (Å²) in [6, 6.07) is 1.68. The second-order valence-electron chi connectivity index (χ2n) is 4.23. The van der Waals surface area contributed by atoms with Crippen LogP contribution in [0.25, 0.3) is 0 Å². The minimum Gasteiger partial charge on any atom is -0.478 e. The lowest BCUT2D eigenvalue weighted by atomic mass is 10.2. The quantitative estimate of drug-likeness (QED) is 0.471. The molecule has 0 aliphatic rings. The van der Waals surface area contributed by atoms with Crippen molar-refractivity contribution in [1.82, 2.24) is 9.88 Å². The highest BCUT2D eigenvalue weighted by atomic mass is 19.4. The summed E-state index contributed by atoms with van der Waals surface area (Å²) in [7, 11) is 3.80. The van der Waals surface area contributed by atoms with E-state index in [2.05, 4.69) is 10.4 Å². The molecule has 0 amide bonds. The normalized spacial score (nSPS) is 11.7. The van der Waals surface area contributed by atoms with E-state index in [9.17, 15) is 13.2 Å². The van der Waals surface area contributed by atoms with Crippen molar-refractivity contribution in [1.29, 1.82) is 0 Å². The Morgan fingerprint density at radius 2 is 2.05 bits per heavy atom. The number of nitrogens with zero attached hydrogens (tertiary/aromatic N) is 2. The molecule has 0 saturated heterocycles. The number of alkyl halides is 3. The molecule has 1 rings (SSSR count).